The zero-order valence-electron chi connectivity index (χ0n) is 10.7. The molecule has 1 amide bonds. The van der Waals surface area contributed by atoms with Gasteiger partial charge in [-0.3, -0.25) is 4.79 Å². The molecule has 0 bridgehead atoms. The van der Waals surface area contributed by atoms with Crippen LogP contribution in [0, 0.1) is 13.8 Å². The van der Waals surface area contributed by atoms with Crippen LogP contribution < -0.4 is 5.32 Å². The molecule has 0 unspecified atom stereocenters. The fourth-order valence-electron chi connectivity index (χ4n) is 2.37. The number of aryl methyl sites for hydroxylation is 2. The van der Waals surface area contributed by atoms with Crippen LogP contribution in [0.4, 0.5) is 0 Å². The fraction of sp³-hybridized carbons (Fsp3) is 0.615. The van der Waals surface area contributed by atoms with Crippen LogP contribution >= 0.6 is 11.3 Å². The van der Waals surface area contributed by atoms with Crippen molar-refractivity contribution in [3.05, 3.63) is 21.4 Å². The summed E-state index contributed by atoms with van der Waals surface area (Å²) in [5.74, 6) is 0.212. The maximum atomic E-state index is 12.4. The van der Waals surface area contributed by atoms with Crippen molar-refractivity contribution in [3.8, 4) is 0 Å². The van der Waals surface area contributed by atoms with Gasteiger partial charge in [0.2, 0.25) is 0 Å². The van der Waals surface area contributed by atoms with Gasteiger partial charge < -0.3 is 10.2 Å². The minimum Gasteiger partial charge on any atom is -0.334 e. The number of carbonyl (C=O) groups excluding carboxylic acids is 1. The Bertz CT molecular complexity index is 394. The maximum Gasteiger partial charge on any atom is 0.264 e. The third-order valence-corrected chi connectivity index (χ3v) is 4.60. The first-order valence-electron chi connectivity index (χ1n) is 6.16. The van der Waals surface area contributed by atoms with Crippen LogP contribution in [-0.2, 0) is 0 Å². The molecule has 1 aliphatic rings. The Morgan fingerprint density at radius 2 is 2.35 bits per heavy atom. The summed E-state index contributed by atoms with van der Waals surface area (Å²) in [6.45, 7) is 5.94. The minimum atomic E-state index is 0.212. The molecule has 1 saturated heterocycles. The van der Waals surface area contributed by atoms with E-state index >= 15 is 0 Å². The zero-order valence-corrected chi connectivity index (χ0v) is 11.6. The average molecular weight is 252 g/mol. The summed E-state index contributed by atoms with van der Waals surface area (Å²) < 4.78 is 0. The van der Waals surface area contributed by atoms with Crippen molar-refractivity contribution < 1.29 is 4.79 Å². The van der Waals surface area contributed by atoms with Crippen molar-refractivity contribution in [1.82, 2.24) is 10.2 Å². The van der Waals surface area contributed by atoms with E-state index in [0.29, 0.717) is 6.04 Å². The Morgan fingerprint density at radius 1 is 1.59 bits per heavy atom. The molecule has 4 heteroatoms. The van der Waals surface area contributed by atoms with Gasteiger partial charge in [0.1, 0.15) is 0 Å². The molecule has 0 spiro atoms. The highest BCUT2D eigenvalue weighted by Crippen LogP contribution is 2.25. The number of nitrogens with one attached hydrogen (secondary N) is 1. The molecule has 1 atom stereocenters. The van der Waals surface area contributed by atoms with E-state index in [2.05, 4.69) is 19.2 Å². The molecule has 0 aliphatic carbocycles. The molecule has 1 fully saturated rings. The number of amides is 1. The van der Waals surface area contributed by atoms with E-state index in [1.165, 1.54) is 10.4 Å². The molecule has 1 aromatic heterocycles. The normalized spacial score (nSPS) is 19.9. The quantitative estimate of drug-likeness (QED) is 0.894. The number of rotatable bonds is 3. The lowest BCUT2D eigenvalue weighted by Gasteiger charge is -2.23. The first-order chi connectivity index (χ1) is 8.13. The van der Waals surface area contributed by atoms with Gasteiger partial charge in [0, 0.05) is 24.0 Å². The molecule has 2 heterocycles. The number of nitrogens with zero attached hydrogens (tertiary/aromatic N) is 1. The van der Waals surface area contributed by atoms with Crippen LogP contribution in [0.15, 0.2) is 6.07 Å². The third kappa shape index (κ3) is 2.53. The van der Waals surface area contributed by atoms with Crippen molar-refractivity contribution in [1.29, 1.82) is 0 Å². The highest BCUT2D eigenvalue weighted by Gasteiger charge is 2.29. The van der Waals surface area contributed by atoms with Gasteiger partial charge in [-0.05, 0) is 45.4 Å². The summed E-state index contributed by atoms with van der Waals surface area (Å²) >= 11 is 1.62. The van der Waals surface area contributed by atoms with E-state index in [9.17, 15) is 4.79 Å². The maximum absolute atomic E-state index is 12.4. The largest absolute Gasteiger partial charge is 0.334 e. The summed E-state index contributed by atoms with van der Waals surface area (Å²) in [5, 5.41) is 3.17. The fourth-order valence-corrected chi connectivity index (χ4v) is 3.36. The van der Waals surface area contributed by atoms with E-state index < -0.39 is 0 Å². The van der Waals surface area contributed by atoms with Crippen LogP contribution in [0.25, 0.3) is 0 Å². The molecule has 94 valence electrons. The molecule has 1 aromatic rings. The van der Waals surface area contributed by atoms with E-state index in [1.807, 2.05) is 18.0 Å². The van der Waals surface area contributed by atoms with Crippen molar-refractivity contribution in [3.63, 3.8) is 0 Å². The van der Waals surface area contributed by atoms with Gasteiger partial charge >= 0.3 is 0 Å². The molecule has 0 radical (unpaired) electrons. The summed E-state index contributed by atoms with van der Waals surface area (Å²) in [6, 6.07) is 2.40. The third-order valence-electron chi connectivity index (χ3n) is 3.45. The number of hydrogen-bond acceptors (Lipinski definition) is 3. The zero-order chi connectivity index (χ0) is 12.4. The number of likely N-dealkylation sites (N-methyl/N-ethyl adjacent to an activating group) is 1. The number of likely N-dealkylation sites (tertiary alicyclic amines) is 1. The van der Waals surface area contributed by atoms with E-state index in [4.69, 9.17) is 0 Å². The lowest BCUT2D eigenvalue weighted by molar-refractivity contribution is 0.0742. The molecule has 3 nitrogen and oxygen atoms in total. The van der Waals surface area contributed by atoms with Crippen LogP contribution in [-0.4, -0.2) is 37.0 Å². The highest BCUT2D eigenvalue weighted by atomic mass is 32.1. The van der Waals surface area contributed by atoms with Crippen LogP contribution in [0.1, 0.15) is 33.0 Å². The van der Waals surface area contributed by atoms with E-state index in [0.717, 1.165) is 30.8 Å². The van der Waals surface area contributed by atoms with Gasteiger partial charge in [-0.1, -0.05) is 0 Å². The van der Waals surface area contributed by atoms with Crippen LogP contribution in [0.3, 0.4) is 0 Å². The lowest BCUT2D eigenvalue weighted by Crippen LogP contribution is -2.40. The summed E-state index contributed by atoms with van der Waals surface area (Å²) in [4.78, 5) is 16.6. The van der Waals surface area contributed by atoms with Gasteiger partial charge in [-0.2, -0.15) is 0 Å². The SMILES string of the molecule is CNC[C@H]1CCCN1C(=O)c1cc(C)c(C)s1. The number of hydrogen-bond donors (Lipinski definition) is 1. The Morgan fingerprint density at radius 3 is 2.94 bits per heavy atom. The van der Waals surface area contributed by atoms with E-state index in [1.54, 1.807) is 11.3 Å². The molecule has 0 aromatic carbocycles. The smallest absolute Gasteiger partial charge is 0.264 e. The predicted octanol–water partition coefficient (Wildman–Crippen LogP) is 2.19. The first-order valence-corrected chi connectivity index (χ1v) is 6.97. The van der Waals surface area contributed by atoms with Crippen molar-refractivity contribution in [2.45, 2.75) is 32.7 Å². The monoisotopic (exact) mass is 252 g/mol. The number of thiophene rings is 1. The summed E-state index contributed by atoms with van der Waals surface area (Å²) in [5.41, 5.74) is 1.22. The van der Waals surface area contributed by atoms with Crippen LogP contribution in [0.5, 0.6) is 0 Å². The van der Waals surface area contributed by atoms with Crippen molar-refractivity contribution in [2.24, 2.45) is 0 Å². The predicted molar refractivity (Wildman–Crippen MR) is 71.8 cm³/mol. The lowest BCUT2D eigenvalue weighted by atomic mass is 10.2. The summed E-state index contributed by atoms with van der Waals surface area (Å²) in [6.07, 6.45) is 2.25. The second-order valence-corrected chi connectivity index (χ2v) is 5.96. The standard InChI is InChI=1S/C13H20N2OS/c1-9-7-12(17-10(9)2)13(16)15-6-4-5-11(15)8-14-3/h7,11,14H,4-6,8H2,1-3H3/t11-/m1/s1. The van der Waals surface area contributed by atoms with Gasteiger partial charge in [-0.15, -0.1) is 11.3 Å². The van der Waals surface area contributed by atoms with Crippen molar-refractivity contribution >= 4 is 17.2 Å². The van der Waals surface area contributed by atoms with Gasteiger partial charge in [-0.25, -0.2) is 0 Å². The molecular weight excluding hydrogens is 232 g/mol. The first kappa shape index (κ1) is 12.6. The van der Waals surface area contributed by atoms with Crippen molar-refractivity contribution in [2.75, 3.05) is 20.1 Å². The Labute approximate surface area is 107 Å². The second kappa shape index (κ2) is 5.19. The molecule has 1 aliphatic heterocycles. The highest BCUT2D eigenvalue weighted by molar-refractivity contribution is 7.14. The minimum absolute atomic E-state index is 0.212. The average Bonchev–Trinajstić information content (AvgIpc) is 2.87. The number of carbonyl (C=O) groups is 1. The molecular formula is C13H20N2OS. The molecule has 17 heavy (non-hydrogen) atoms. The molecule has 2 rings (SSSR count). The van der Waals surface area contributed by atoms with Crippen LogP contribution in [0.2, 0.25) is 0 Å². The Hall–Kier alpha value is -0.870. The van der Waals surface area contributed by atoms with Gasteiger partial charge in [0.05, 0.1) is 4.88 Å². The molecule has 0 saturated carbocycles. The van der Waals surface area contributed by atoms with Gasteiger partial charge in [0.15, 0.2) is 0 Å². The van der Waals surface area contributed by atoms with E-state index in [-0.39, 0.29) is 5.91 Å². The van der Waals surface area contributed by atoms with Gasteiger partial charge in [0.25, 0.3) is 5.91 Å². The topological polar surface area (TPSA) is 32.3 Å². The second-order valence-electron chi connectivity index (χ2n) is 4.70. The Balaban J connectivity index is 2.13. The summed E-state index contributed by atoms with van der Waals surface area (Å²) in [7, 11) is 1.94. The Kier molecular flexibility index (Phi) is 3.84. The molecule has 1 N–H and O–H groups in total.